The van der Waals surface area contributed by atoms with Crippen LogP contribution in [0.2, 0.25) is 0 Å². The zero-order valence-electron chi connectivity index (χ0n) is 26.4. The second-order valence-corrected chi connectivity index (χ2v) is 12.0. The lowest BCUT2D eigenvalue weighted by Gasteiger charge is -2.19. The molecule has 0 unspecified atom stereocenters. The average Bonchev–Trinajstić information content (AvgIpc) is 3.12. The molecule has 7 aromatic rings. The minimum atomic E-state index is -0.350. The third-order valence-corrected chi connectivity index (χ3v) is 8.77. The summed E-state index contributed by atoms with van der Waals surface area (Å²) in [4.78, 5) is 11.2. The summed E-state index contributed by atoms with van der Waals surface area (Å²) < 4.78 is 0. The van der Waals surface area contributed by atoms with Gasteiger partial charge < -0.3 is 0 Å². The zero-order chi connectivity index (χ0) is 32.3. The number of aryl methyl sites for hydroxylation is 2. The van der Waals surface area contributed by atoms with E-state index in [4.69, 9.17) is 0 Å². The maximum absolute atomic E-state index is 11.6. The predicted octanol–water partition coefficient (Wildman–Crippen LogP) is 12.2. The first-order valence-corrected chi connectivity index (χ1v) is 15.8. The van der Waals surface area contributed by atoms with Crippen molar-refractivity contribution >= 4 is 5.69 Å². The van der Waals surface area contributed by atoms with Crippen molar-refractivity contribution in [2.75, 3.05) is 0 Å². The first-order valence-electron chi connectivity index (χ1n) is 15.8. The third kappa shape index (κ3) is 6.25. The van der Waals surface area contributed by atoms with Gasteiger partial charge >= 0.3 is 0 Å². The van der Waals surface area contributed by atoms with E-state index < -0.39 is 0 Å². The Morgan fingerprint density at radius 1 is 0.383 bits per heavy atom. The molecular weight excluding hydrogens is 574 g/mol. The molecule has 0 spiro atoms. The number of nitrogens with zero attached hydrogens (tertiary/aromatic N) is 1. The molecular formula is C44H33NO2. The van der Waals surface area contributed by atoms with Gasteiger partial charge in [-0.2, -0.15) is 0 Å². The first-order chi connectivity index (χ1) is 22.9. The van der Waals surface area contributed by atoms with Crippen molar-refractivity contribution < 1.29 is 4.92 Å². The quantitative estimate of drug-likeness (QED) is 0.134. The van der Waals surface area contributed by atoms with Crippen molar-refractivity contribution in [1.29, 1.82) is 0 Å². The highest BCUT2D eigenvalue weighted by Crippen LogP contribution is 2.44. The maximum Gasteiger partial charge on any atom is 0.269 e. The lowest BCUT2D eigenvalue weighted by molar-refractivity contribution is -0.384. The van der Waals surface area contributed by atoms with Crippen molar-refractivity contribution in [2.24, 2.45) is 0 Å². The molecule has 0 saturated heterocycles. The number of benzene rings is 7. The van der Waals surface area contributed by atoms with E-state index >= 15 is 0 Å². The van der Waals surface area contributed by atoms with E-state index in [2.05, 4.69) is 147 Å². The van der Waals surface area contributed by atoms with Crippen molar-refractivity contribution in [2.45, 2.75) is 13.8 Å². The second-order valence-electron chi connectivity index (χ2n) is 12.0. The molecule has 0 fully saturated rings. The van der Waals surface area contributed by atoms with Gasteiger partial charge in [-0.15, -0.1) is 0 Å². The summed E-state index contributed by atoms with van der Waals surface area (Å²) in [6.07, 6.45) is 0. The van der Waals surface area contributed by atoms with Gasteiger partial charge in [0.1, 0.15) is 0 Å². The van der Waals surface area contributed by atoms with Crippen LogP contribution in [0.25, 0.3) is 66.8 Å². The Morgan fingerprint density at radius 2 is 0.723 bits per heavy atom. The summed E-state index contributed by atoms with van der Waals surface area (Å²) in [5.74, 6) is 0. The van der Waals surface area contributed by atoms with Gasteiger partial charge in [-0.05, 0) is 105 Å². The summed E-state index contributed by atoms with van der Waals surface area (Å²) in [6, 6.07) is 56.4. The Bertz CT molecular complexity index is 2050. The van der Waals surface area contributed by atoms with Crippen LogP contribution in [0.15, 0.2) is 164 Å². The van der Waals surface area contributed by atoms with Crippen molar-refractivity contribution in [3.05, 3.63) is 185 Å². The largest absolute Gasteiger partial charge is 0.269 e. The highest BCUT2D eigenvalue weighted by Gasteiger charge is 2.18. The number of rotatable bonds is 7. The van der Waals surface area contributed by atoms with Crippen LogP contribution in [0.4, 0.5) is 5.69 Å². The van der Waals surface area contributed by atoms with Crippen LogP contribution in [0.1, 0.15) is 11.1 Å². The number of nitro benzene ring substituents is 1. The van der Waals surface area contributed by atoms with Crippen LogP contribution in [0.3, 0.4) is 0 Å². The second kappa shape index (κ2) is 12.7. The third-order valence-electron chi connectivity index (χ3n) is 8.77. The van der Waals surface area contributed by atoms with Crippen LogP contribution in [0.5, 0.6) is 0 Å². The molecule has 47 heavy (non-hydrogen) atoms. The Morgan fingerprint density at radius 3 is 1.13 bits per heavy atom. The first kappa shape index (κ1) is 29.6. The van der Waals surface area contributed by atoms with Crippen molar-refractivity contribution in [3.63, 3.8) is 0 Å². The Balaban J connectivity index is 1.44. The molecule has 226 valence electrons. The topological polar surface area (TPSA) is 43.1 Å². The van der Waals surface area contributed by atoms with Gasteiger partial charge in [-0.3, -0.25) is 10.1 Å². The molecule has 0 saturated carbocycles. The summed E-state index contributed by atoms with van der Waals surface area (Å²) in [6.45, 7) is 4.19. The van der Waals surface area contributed by atoms with E-state index in [1.807, 2.05) is 18.2 Å². The van der Waals surface area contributed by atoms with Gasteiger partial charge in [0.25, 0.3) is 5.69 Å². The van der Waals surface area contributed by atoms with E-state index in [0.29, 0.717) is 0 Å². The molecule has 0 N–H and O–H groups in total. The standard InChI is InChI=1S/C44H33NO2/c1-30-8-12-33(13-9-30)35-16-20-37(21-17-35)42-28-40(32-6-4-3-5-7-32)29-43(44(42)39-24-26-41(27-25-39)45(46)47)38-22-18-36(19-23-38)34-14-10-31(2)11-15-34/h3-29H,1-2H3. The normalized spacial score (nSPS) is 10.9. The monoisotopic (exact) mass is 607 g/mol. The number of hydrogen-bond acceptors (Lipinski definition) is 2. The van der Waals surface area contributed by atoms with Gasteiger partial charge in [0.2, 0.25) is 0 Å². The molecule has 0 radical (unpaired) electrons. The van der Waals surface area contributed by atoms with E-state index in [-0.39, 0.29) is 10.6 Å². The molecule has 3 heteroatoms. The highest BCUT2D eigenvalue weighted by atomic mass is 16.6. The smallest absolute Gasteiger partial charge is 0.258 e. The van der Waals surface area contributed by atoms with Gasteiger partial charge in [-0.25, -0.2) is 0 Å². The van der Waals surface area contributed by atoms with Crippen LogP contribution < -0.4 is 0 Å². The molecule has 0 atom stereocenters. The summed E-state index contributed by atoms with van der Waals surface area (Å²) >= 11 is 0. The molecule has 0 aliphatic carbocycles. The molecule has 7 rings (SSSR count). The minimum Gasteiger partial charge on any atom is -0.258 e. The summed E-state index contributed by atoms with van der Waals surface area (Å²) in [5.41, 5.74) is 15.6. The highest BCUT2D eigenvalue weighted by molar-refractivity contribution is 5.98. The van der Waals surface area contributed by atoms with Crippen LogP contribution in [-0.2, 0) is 0 Å². The van der Waals surface area contributed by atoms with Crippen LogP contribution >= 0.6 is 0 Å². The molecule has 0 aliphatic heterocycles. The number of non-ortho nitro benzene ring substituents is 1. The number of hydrogen-bond donors (Lipinski definition) is 0. The van der Waals surface area contributed by atoms with E-state index in [1.165, 1.54) is 22.3 Å². The van der Waals surface area contributed by atoms with Gasteiger partial charge in [0.15, 0.2) is 0 Å². The Hall–Kier alpha value is -6.06. The van der Waals surface area contributed by atoms with E-state index in [1.54, 1.807) is 12.1 Å². The molecule has 0 aliphatic rings. The van der Waals surface area contributed by atoms with Gasteiger partial charge in [-0.1, -0.05) is 139 Å². The van der Waals surface area contributed by atoms with Crippen molar-refractivity contribution in [3.8, 4) is 66.8 Å². The van der Waals surface area contributed by atoms with Gasteiger partial charge in [0.05, 0.1) is 4.92 Å². The Labute approximate surface area is 275 Å². The molecule has 0 amide bonds. The molecule has 7 aromatic carbocycles. The Kier molecular flexibility index (Phi) is 8.04. The molecule has 0 heterocycles. The molecule has 0 aromatic heterocycles. The molecule has 3 nitrogen and oxygen atoms in total. The van der Waals surface area contributed by atoms with Gasteiger partial charge in [0, 0.05) is 12.1 Å². The fourth-order valence-corrected chi connectivity index (χ4v) is 6.13. The van der Waals surface area contributed by atoms with E-state index in [0.717, 1.165) is 55.6 Å². The summed E-state index contributed by atoms with van der Waals surface area (Å²) in [7, 11) is 0. The van der Waals surface area contributed by atoms with Crippen LogP contribution in [0, 0.1) is 24.0 Å². The predicted molar refractivity (Wildman–Crippen MR) is 195 cm³/mol. The fraction of sp³-hybridized carbons (Fsp3) is 0.0455. The van der Waals surface area contributed by atoms with E-state index in [9.17, 15) is 10.1 Å². The lowest BCUT2D eigenvalue weighted by atomic mass is 9.84. The lowest BCUT2D eigenvalue weighted by Crippen LogP contribution is -1.94. The SMILES string of the molecule is Cc1ccc(-c2ccc(-c3cc(-c4ccccc4)cc(-c4ccc(-c5ccc(C)cc5)cc4)c3-c3ccc([N+](=O)[O-])cc3)cc2)cc1. The number of nitro groups is 1. The summed E-state index contributed by atoms with van der Waals surface area (Å²) in [5, 5.41) is 11.6. The maximum atomic E-state index is 11.6. The average molecular weight is 608 g/mol. The van der Waals surface area contributed by atoms with Crippen LogP contribution in [-0.4, -0.2) is 4.92 Å². The minimum absolute atomic E-state index is 0.0719. The zero-order valence-corrected chi connectivity index (χ0v) is 26.4. The fourth-order valence-electron chi connectivity index (χ4n) is 6.13. The van der Waals surface area contributed by atoms with Crippen molar-refractivity contribution in [1.82, 2.24) is 0 Å². The molecule has 0 bridgehead atoms.